The van der Waals surface area contributed by atoms with Crippen molar-refractivity contribution in [2.24, 2.45) is 5.14 Å². The lowest BCUT2D eigenvalue weighted by molar-refractivity contribution is 0.318. The summed E-state index contributed by atoms with van der Waals surface area (Å²) in [6.07, 6.45) is 1.42. The van der Waals surface area contributed by atoms with E-state index >= 15 is 0 Å². The van der Waals surface area contributed by atoms with Crippen LogP contribution in [0.3, 0.4) is 0 Å². The first kappa shape index (κ1) is 14.3. The maximum atomic E-state index is 11.5. The molecule has 0 amide bonds. The number of hydrogen-bond donors (Lipinski definition) is 1. The van der Waals surface area contributed by atoms with Crippen LogP contribution in [0.1, 0.15) is 6.92 Å². The first-order valence-corrected chi connectivity index (χ1v) is 7.44. The molecular formula is C13H14N2O4S. The molecule has 0 aliphatic carbocycles. The van der Waals surface area contributed by atoms with Gasteiger partial charge < -0.3 is 9.47 Å². The number of benzene rings is 1. The van der Waals surface area contributed by atoms with Gasteiger partial charge in [0.1, 0.15) is 4.90 Å². The second-order valence-corrected chi connectivity index (χ2v) is 5.36. The number of hydrogen-bond acceptors (Lipinski definition) is 5. The summed E-state index contributed by atoms with van der Waals surface area (Å²) in [7, 11) is -3.91. The minimum atomic E-state index is -3.91. The van der Waals surface area contributed by atoms with Crippen LogP contribution in [0.5, 0.6) is 17.4 Å². The highest BCUT2D eigenvalue weighted by molar-refractivity contribution is 7.89. The number of primary sulfonamides is 1. The van der Waals surface area contributed by atoms with E-state index in [1.54, 1.807) is 24.3 Å². The number of nitrogens with two attached hydrogens (primary N) is 1. The highest BCUT2D eigenvalue weighted by Crippen LogP contribution is 2.32. The van der Waals surface area contributed by atoms with Crippen LogP contribution in [-0.2, 0) is 10.0 Å². The molecule has 7 heteroatoms. The van der Waals surface area contributed by atoms with Crippen LogP contribution in [0.2, 0.25) is 0 Å². The van der Waals surface area contributed by atoms with Crippen molar-refractivity contribution in [2.75, 3.05) is 6.61 Å². The molecule has 0 aliphatic rings. The van der Waals surface area contributed by atoms with Gasteiger partial charge in [0.25, 0.3) is 0 Å². The first-order chi connectivity index (χ1) is 9.52. The first-order valence-electron chi connectivity index (χ1n) is 5.90. The number of sulfonamides is 1. The molecule has 20 heavy (non-hydrogen) atoms. The van der Waals surface area contributed by atoms with Crippen LogP contribution in [0.4, 0.5) is 0 Å². The Hall–Kier alpha value is -2.12. The summed E-state index contributed by atoms with van der Waals surface area (Å²) < 4.78 is 33.9. The van der Waals surface area contributed by atoms with Crippen molar-refractivity contribution in [1.82, 2.24) is 4.98 Å². The SMILES string of the molecule is CCOc1ccccc1Oc1ncccc1S(N)(=O)=O. The Balaban J connectivity index is 2.41. The third kappa shape index (κ3) is 3.25. The van der Waals surface area contributed by atoms with Crippen molar-refractivity contribution in [3.63, 3.8) is 0 Å². The third-order valence-corrected chi connectivity index (χ3v) is 3.32. The second kappa shape index (κ2) is 5.89. The van der Waals surface area contributed by atoms with Gasteiger partial charge in [-0.15, -0.1) is 0 Å². The molecule has 2 N–H and O–H groups in total. The minimum Gasteiger partial charge on any atom is -0.490 e. The molecule has 0 bridgehead atoms. The second-order valence-electron chi connectivity index (χ2n) is 3.83. The van der Waals surface area contributed by atoms with E-state index in [1.165, 1.54) is 18.3 Å². The molecule has 1 aromatic carbocycles. The lowest BCUT2D eigenvalue weighted by Gasteiger charge is -2.12. The van der Waals surface area contributed by atoms with Crippen molar-refractivity contribution >= 4 is 10.0 Å². The standard InChI is InChI=1S/C13H14N2O4S/c1-2-18-10-6-3-4-7-11(10)19-13-12(20(14,16)17)8-5-9-15-13/h3-9H,2H2,1H3,(H2,14,16,17). The maximum Gasteiger partial charge on any atom is 0.243 e. The predicted octanol–water partition coefficient (Wildman–Crippen LogP) is 1.92. The predicted molar refractivity (Wildman–Crippen MR) is 73.3 cm³/mol. The highest BCUT2D eigenvalue weighted by atomic mass is 32.2. The summed E-state index contributed by atoms with van der Waals surface area (Å²) in [5.74, 6) is 0.793. The highest BCUT2D eigenvalue weighted by Gasteiger charge is 2.17. The molecule has 2 aromatic rings. The maximum absolute atomic E-state index is 11.5. The monoisotopic (exact) mass is 294 g/mol. The average Bonchev–Trinajstić information content (AvgIpc) is 2.41. The lowest BCUT2D eigenvalue weighted by Crippen LogP contribution is -2.13. The fraction of sp³-hybridized carbons (Fsp3) is 0.154. The van der Waals surface area contributed by atoms with Crippen molar-refractivity contribution in [1.29, 1.82) is 0 Å². The smallest absolute Gasteiger partial charge is 0.243 e. The lowest BCUT2D eigenvalue weighted by atomic mass is 10.3. The molecule has 0 radical (unpaired) electrons. The van der Waals surface area contributed by atoms with Crippen LogP contribution >= 0.6 is 0 Å². The quantitative estimate of drug-likeness (QED) is 0.909. The van der Waals surface area contributed by atoms with E-state index in [4.69, 9.17) is 14.6 Å². The molecule has 1 aromatic heterocycles. The Bertz CT molecular complexity index is 701. The molecule has 0 spiro atoms. The summed E-state index contributed by atoms with van der Waals surface area (Å²) in [5.41, 5.74) is 0. The summed E-state index contributed by atoms with van der Waals surface area (Å²) in [5, 5.41) is 5.13. The fourth-order valence-electron chi connectivity index (χ4n) is 1.58. The molecule has 0 saturated heterocycles. The topological polar surface area (TPSA) is 91.5 Å². The van der Waals surface area contributed by atoms with Gasteiger partial charge in [0.2, 0.25) is 15.9 Å². The normalized spacial score (nSPS) is 11.1. The Morgan fingerprint density at radius 3 is 2.50 bits per heavy atom. The zero-order valence-corrected chi connectivity index (χ0v) is 11.6. The van der Waals surface area contributed by atoms with Gasteiger partial charge in [-0.2, -0.15) is 0 Å². The van der Waals surface area contributed by atoms with Gasteiger partial charge in [-0.25, -0.2) is 18.5 Å². The number of nitrogens with zero attached hydrogens (tertiary/aromatic N) is 1. The zero-order chi connectivity index (χ0) is 14.6. The summed E-state index contributed by atoms with van der Waals surface area (Å²) >= 11 is 0. The van der Waals surface area contributed by atoms with Crippen molar-refractivity contribution in [3.8, 4) is 17.4 Å². The van der Waals surface area contributed by atoms with E-state index in [2.05, 4.69) is 4.98 Å². The Labute approximate surface area is 117 Å². The van der Waals surface area contributed by atoms with Crippen LogP contribution < -0.4 is 14.6 Å². The van der Waals surface area contributed by atoms with E-state index in [9.17, 15) is 8.42 Å². The van der Waals surface area contributed by atoms with Crippen LogP contribution in [0.25, 0.3) is 0 Å². The van der Waals surface area contributed by atoms with Gasteiger partial charge in [0.15, 0.2) is 11.5 Å². The Morgan fingerprint density at radius 1 is 1.15 bits per heavy atom. The van der Waals surface area contributed by atoms with Crippen molar-refractivity contribution in [2.45, 2.75) is 11.8 Å². The van der Waals surface area contributed by atoms with E-state index in [0.29, 0.717) is 18.1 Å². The molecule has 0 fully saturated rings. The molecule has 6 nitrogen and oxygen atoms in total. The van der Waals surface area contributed by atoms with E-state index in [1.807, 2.05) is 6.92 Å². The molecule has 2 rings (SSSR count). The third-order valence-electron chi connectivity index (χ3n) is 2.40. The number of aromatic nitrogens is 1. The van der Waals surface area contributed by atoms with Gasteiger partial charge in [0.05, 0.1) is 6.61 Å². The number of para-hydroxylation sites is 2. The molecule has 0 atom stereocenters. The van der Waals surface area contributed by atoms with Crippen molar-refractivity contribution < 1.29 is 17.9 Å². The molecule has 1 heterocycles. The van der Waals surface area contributed by atoms with Gasteiger partial charge in [-0.3, -0.25) is 0 Å². The molecular weight excluding hydrogens is 280 g/mol. The molecule has 106 valence electrons. The van der Waals surface area contributed by atoms with Crippen molar-refractivity contribution in [3.05, 3.63) is 42.6 Å². The number of rotatable bonds is 5. The Kier molecular flexibility index (Phi) is 4.21. The average molecular weight is 294 g/mol. The zero-order valence-electron chi connectivity index (χ0n) is 10.8. The minimum absolute atomic E-state index is 0.0813. The van der Waals surface area contributed by atoms with E-state index < -0.39 is 10.0 Å². The van der Waals surface area contributed by atoms with E-state index in [0.717, 1.165) is 0 Å². The molecule has 0 saturated carbocycles. The number of ether oxygens (including phenoxy) is 2. The van der Waals surface area contributed by atoms with Crippen LogP contribution in [0.15, 0.2) is 47.5 Å². The van der Waals surface area contributed by atoms with Gasteiger partial charge in [-0.05, 0) is 31.2 Å². The van der Waals surface area contributed by atoms with Crippen LogP contribution in [0, 0.1) is 0 Å². The van der Waals surface area contributed by atoms with Gasteiger partial charge in [0, 0.05) is 6.20 Å². The summed E-state index contributed by atoms with van der Waals surface area (Å²) in [4.78, 5) is 3.73. The van der Waals surface area contributed by atoms with Gasteiger partial charge in [-0.1, -0.05) is 12.1 Å². The molecule has 0 unspecified atom stereocenters. The summed E-state index contributed by atoms with van der Waals surface area (Å²) in [6, 6.07) is 9.72. The summed E-state index contributed by atoms with van der Waals surface area (Å²) in [6.45, 7) is 2.30. The fourth-order valence-corrected chi connectivity index (χ4v) is 2.19. The van der Waals surface area contributed by atoms with Gasteiger partial charge >= 0.3 is 0 Å². The molecule has 0 aliphatic heterocycles. The van der Waals surface area contributed by atoms with Crippen LogP contribution in [-0.4, -0.2) is 20.0 Å². The number of pyridine rings is 1. The largest absolute Gasteiger partial charge is 0.490 e. The van der Waals surface area contributed by atoms with E-state index in [-0.39, 0.29) is 10.8 Å². The Morgan fingerprint density at radius 2 is 1.85 bits per heavy atom.